The highest BCUT2D eigenvalue weighted by Gasteiger charge is 2.09. The Balaban J connectivity index is 1.66. The summed E-state index contributed by atoms with van der Waals surface area (Å²) in [6.45, 7) is 5.32. The SMILES string of the molecule is CN=C(NCc1ccnc(OC)c1)NCc1ccccc1-n1nc(C)cc1C. The lowest BCUT2D eigenvalue weighted by Crippen LogP contribution is -2.36. The topological polar surface area (TPSA) is 76.4 Å². The van der Waals surface area contributed by atoms with Crippen molar-refractivity contribution in [2.45, 2.75) is 26.9 Å². The highest BCUT2D eigenvalue weighted by atomic mass is 16.5. The van der Waals surface area contributed by atoms with Gasteiger partial charge in [-0.15, -0.1) is 0 Å². The molecule has 3 rings (SSSR count). The number of hydrogen-bond acceptors (Lipinski definition) is 4. The molecule has 0 saturated heterocycles. The minimum absolute atomic E-state index is 0.598. The van der Waals surface area contributed by atoms with Crippen molar-refractivity contribution >= 4 is 5.96 Å². The minimum Gasteiger partial charge on any atom is -0.481 e. The molecule has 0 aliphatic carbocycles. The summed E-state index contributed by atoms with van der Waals surface area (Å²) < 4.78 is 7.14. The van der Waals surface area contributed by atoms with E-state index in [2.05, 4.69) is 50.8 Å². The number of guanidine groups is 1. The van der Waals surface area contributed by atoms with E-state index in [9.17, 15) is 0 Å². The summed E-state index contributed by atoms with van der Waals surface area (Å²) in [6.07, 6.45) is 1.73. The molecule has 0 amide bonds. The van der Waals surface area contributed by atoms with Crippen LogP contribution in [0.15, 0.2) is 53.7 Å². The van der Waals surface area contributed by atoms with Crippen LogP contribution in [0.2, 0.25) is 0 Å². The lowest BCUT2D eigenvalue weighted by Gasteiger charge is -2.15. The normalized spacial score (nSPS) is 11.4. The molecule has 0 atom stereocenters. The van der Waals surface area contributed by atoms with Crippen LogP contribution in [0.3, 0.4) is 0 Å². The van der Waals surface area contributed by atoms with Crippen LogP contribution >= 0.6 is 0 Å². The smallest absolute Gasteiger partial charge is 0.213 e. The third kappa shape index (κ3) is 4.68. The number of benzene rings is 1. The molecule has 0 fully saturated rings. The molecule has 28 heavy (non-hydrogen) atoms. The molecule has 146 valence electrons. The van der Waals surface area contributed by atoms with Gasteiger partial charge in [-0.1, -0.05) is 18.2 Å². The van der Waals surface area contributed by atoms with Gasteiger partial charge >= 0.3 is 0 Å². The van der Waals surface area contributed by atoms with Crippen molar-refractivity contribution in [3.63, 3.8) is 0 Å². The standard InChI is InChI=1S/C21H26N6O/c1-15-11-16(2)27(26-15)19-8-6-5-7-18(19)14-25-21(22-3)24-13-17-9-10-23-20(12-17)28-4/h5-12H,13-14H2,1-4H3,(H2,22,24,25). The molecule has 3 aromatic rings. The van der Waals surface area contributed by atoms with Crippen LogP contribution in [-0.2, 0) is 13.1 Å². The molecule has 0 saturated carbocycles. The molecule has 0 spiro atoms. The molecule has 2 heterocycles. The Morgan fingerprint density at radius 3 is 2.61 bits per heavy atom. The maximum absolute atomic E-state index is 5.17. The predicted molar refractivity (Wildman–Crippen MR) is 111 cm³/mol. The Labute approximate surface area is 165 Å². The summed E-state index contributed by atoms with van der Waals surface area (Å²) in [5.74, 6) is 1.32. The second-order valence-corrected chi connectivity index (χ2v) is 6.45. The molecule has 0 radical (unpaired) electrons. The fourth-order valence-corrected chi connectivity index (χ4v) is 3.00. The largest absolute Gasteiger partial charge is 0.481 e. The average molecular weight is 378 g/mol. The number of pyridine rings is 1. The molecule has 0 aliphatic heterocycles. The zero-order valence-corrected chi connectivity index (χ0v) is 16.7. The molecule has 2 N–H and O–H groups in total. The van der Waals surface area contributed by atoms with Crippen LogP contribution in [0.5, 0.6) is 5.88 Å². The highest BCUT2D eigenvalue weighted by Crippen LogP contribution is 2.17. The number of methoxy groups -OCH3 is 1. The summed E-state index contributed by atoms with van der Waals surface area (Å²) in [5, 5.41) is 11.3. The molecule has 0 aliphatic rings. The van der Waals surface area contributed by atoms with Gasteiger partial charge in [0.25, 0.3) is 0 Å². The summed E-state index contributed by atoms with van der Waals surface area (Å²) >= 11 is 0. The maximum atomic E-state index is 5.17. The summed E-state index contributed by atoms with van der Waals surface area (Å²) in [6, 6.07) is 14.2. The number of nitrogens with one attached hydrogen (secondary N) is 2. The van der Waals surface area contributed by atoms with Gasteiger partial charge in [0.15, 0.2) is 5.96 Å². The number of hydrogen-bond donors (Lipinski definition) is 2. The Kier molecular flexibility index (Phi) is 6.26. The van der Waals surface area contributed by atoms with Gasteiger partial charge in [0.05, 0.1) is 18.5 Å². The van der Waals surface area contributed by atoms with E-state index in [0.717, 1.165) is 34.2 Å². The molecule has 0 bridgehead atoms. The Bertz CT molecular complexity index is 963. The number of para-hydroxylation sites is 1. The first-order chi connectivity index (χ1) is 13.6. The second kappa shape index (κ2) is 9.03. The molecule has 1 aromatic carbocycles. The van der Waals surface area contributed by atoms with Gasteiger partial charge < -0.3 is 15.4 Å². The molecule has 0 unspecified atom stereocenters. The van der Waals surface area contributed by atoms with E-state index < -0.39 is 0 Å². The molecular weight excluding hydrogens is 352 g/mol. The second-order valence-electron chi connectivity index (χ2n) is 6.45. The Hall–Kier alpha value is -3.35. The van der Waals surface area contributed by atoms with E-state index in [1.165, 1.54) is 0 Å². The fraction of sp³-hybridized carbons (Fsp3) is 0.286. The molecule has 2 aromatic heterocycles. The Morgan fingerprint density at radius 2 is 1.89 bits per heavy atom. The number of rotatable bonds is 6. The quantitative estimate of drug-likeness (QED) is 0.510. The van der Waals surface area contributed by atoms with Gasteiger partial charge in [-0.05, 0) is 43.2 Å². The predicted octanol–water partition coefficient (Wildman–Crippen LogP) is 2.76. The van der Waals surface area contributed by atoms with E-state index in [1.807, 2.05) is 35.9 Å². The van der Waals surface area contributed by atoms with Crippen LogP contribution in [-0.4, -0.2) is 34.9 Å². The summed E-state index contributed by atoms with van der Waals surface area (Å²) in [7, 11) is 3.37. The van der Waals surface area contributed by atoms with Gasteiger partial charge in [0.1, 0.15) is 0 Å². The van der Waals surface area contributed by atoms with Crippen molar-refractivity contribution in [1.29, 1.82) is 0 Å². The lowest BCUT2D eigenvalue weighted by molar-refractivity contribution is 0.397. The van der Waals surface area contributed by atoms with Crippen LogP contribution in [0, 0.1) is 13.8 Å². The zero-order valence-electron chi connectivity index (χ0n) is 16.7. The van der Waals surface area contributed by atoms with Crippen LogP contribution < -0.4 is 15.4 Å². The minimum atomic E-state index is 0.598. The van der Waals surface area contributed by atoms with E-state index in [-0.39, 0.29) is 0 Å². The van der Waals surface area contributed by atoms with Crippen molar-refractivity contribution < 1.29 is 4.74 Å². The third-order valence-corrected chi connectivity index (χ3v) is 4.37. The summed E-state index contributed by atoms with van der Waals surface area (Å²) in [5.41, 5.74) is 5.39. The molecule has 7 nitrogen and oxygen atoms in total. The first-order valence-corrected chi connectivity index (χ1v) is 9.15. The number of aromatic nitrogens is 3. The molecular formula is C21H26N6O. The molecule has 7 heteroatoms. The van der Waals surface area contributed by atoms with Crippen LogP contribution in [0.25, 0.3) is 5.69 Å². The third-order valence-electron chi connectivity index (χ3n) is 4.37. The maximum Gasteiger partial charge on any atom is 0.213 e. The summed E-state index contributed by atoms with van der Waals surface area (Å²) in [4.78, 5) is 8.43. The highest BCUT2D eigenvalue weighted by molar-refractivity contribution is 5.79. The lowest BCUT2D eigenvalue weighted by atomic mass is 10.1. The van der Waals surface area contributed by atoms with Crippen molar-refractivity contribution in [3.8, 4) is 11.6 Å². The van der Waals surface area contributed by atoms with Crippen LogP contribution in [0.4, 0.5) is 0 Å². The van der Waals surface area contributed by atoms with Gasteiger partial charge in [0, 0.05) is 38.1 Å². The van der Waals surface area contributed by atoms with Crippen molar-refractivity contribution in [2.24, 2.45) is 4.99 Å². The van der Waals surface area contributed by atoms with Crippen molar-refractivity contribution in [1.82, 2.24) is 25.4 Å². The monoisotopic (exact) mass is 378 g/mol. The fourth-order valence-electron chi connectivity index (χ4n) is 3.00. The van der Waals surface area contributed by atoms with Crippen molar-refractivity contribution in [2.75, 3.05) is 14.2 Å². The average Bonchev–Trinajstić information content (AvgIpc) is 3.06. The van der Waals surface area contributed by atoms with Gasteiger partial charge in [-0.3, -0.25) is 4.99 Å². The van der Waals surface area contributed by atoms with Crippen LogP contribution in [0.1, 0.15) is 22.5 Å². The van der Waals surface area contributed by atoms with E-state index >= 15 is 0 Å². The van der Waals surface area contributed by atoms with E-state index in [4.69, 9.17) is 4.74 Å². The van der Waals surface area contributed by atoms with Gasteiger partial charge in [0.2, 0.25) is 5.88 Å². The zero-order chi connectivity index (χ0) is 19.9. The van der Waals surface area contributed by atoms with Gasteiger partial charge in [-0.25, -0.2) is 9.67 Å². The first kappa shape index (κ1) is 19.4. The number of nitrogens with zero attached hydrogens (tertiary/aromatic N) is 4. The van der Waals surface area contributed by atoms with E-state index in [0.29, 0.717) is 19.0 Å². The first-order valence-electron chi connectivity index (χ1n) is 9.15. The number of aliphatic imine (C=N–C) groups is 1. The Morgan fingerprint density at radius 1 is 1.11 bits per heavy atom. The van der Waals surface area contributed by atoms with Gasteiger partial charge in [-0.2, -0.15) is 5.10 Å². The van der Waals surface area contributed by atoms with Crippen molar-refractivity contribution in [3.05, 3.63) is 71.2 Å². The van der Waals surface area contributed by atoms with E-state index in [1.54, 1.807) is 20.4 Å². The number of aryl methyl sites for hydroxylation is 2. The number of ether oxygens (including phenoxy) is 1.